The van der Waals surface area contributed by atoms with E-state index in [1.54, 1.807) is 0 Å². The highest BCUT2D eigenvalue weighted by Gasteiger charge is 2.65. The van der Waals surface area contributed by atoms with Crippen molar-refractivity contribution in [3.63, 3.8) is 0 Å². The summed E-state index contributed by atoms with van der Waals surface area (Å²) in [6.07, 6.45) is 17.4. The molecule has 2 spiro atoms. The van der Waals surface area contributed by atoms with Gasteiger partial charge in [-0.05, 0) is 71.9 Å². The van der Waals surface area contributed by atoms with Crippen LogP contribution in [0.25, 0.3) is 16.3 Å². The van der Waals surface area contributed by atoms with Crippen LogP contribution in [0.2, 0.25) is 0 Å². The molecular weight excluding hydrogens is 382 g/mol. The summed E-state index contributed by atoms with van der Waals surface area (Å²) in [6.45, 7) is 2.44. The molecule has 3 nitrogen and oxygen atoms in total. The van der Waals surface area contributed by atoms with Crippen LogP contribution >= 0.6 is 0 Å². The van der Waals surface area contributed by atoms with Crippen LogP contribution < -0.4 is 0 Å². The van der Waals surface area contributed by atoms with Gasteiger partial charge in [0.05, 0.1) is 11.2 Å². The number of rotatable bonds is 1. The van der Waals surface area contributed by atoms with Crippen LogP contribution in [-0.4, -0.2) is 22.0 Å². The molecule has 2 aliphatic heterocycles. The van der Waals surface area contributed by atoms with E-state index in [1.807, 2.05) is 12.4 Å². The highest BCUT2D eigenvalue weighted by Crippen LogP contribution is 2.67. The minimum Gasteiger partial charge on any atom is -0.359 e. The first-order valence-corrected chi connectivity index (χ1v) is 11.7. The van der Waals surface area contributed by atoms with Gasteiger partial charge in [-0.25, -0.2) is 0 Å². The van der Waals surface area contributed by atoms with E-state index >= 15 is 0 Å². The van der Waals surface area contributed by atoms with Crippen molar-refractivity contribution in [2.45, 2.75) is 63.1 Å². The summed E-state index contributed by atoms with van der Waals surface area (Å²) in [5.41, 5.74) is 5.04. The number of hydrogen-bond acceptors (Lipinski definition) is 3. The number of hydrogen-bond donors (Lipinski definition) is 0. The summed E-state index contributed by atoms with van der Waals surface area (Å²) in [6, 6.07) is 8.86. The Morgan fingerprint density at radius 2 is 2.03 bits per heavy atom. The maximum absolute atomic E-state index is 12.4. The van der Waals surface area contributed by atoms with E-state index in [-0.39, 0.29) is 16.6 Å². The van der Waals surface area contributed by atoms with Crippen molar-refractivity contribution >= 4 is 22.1 Å². The lowest BCUT2D eigenvalue weighted by molar-refractivity contribution is -0.143. The molecule has 0 amide bonds. The average molecular weight is 410 g/mol. The third-order valence-electron chi connectivity index (χ3n) is 9.04. The second-order valence-corrected chi connectivity index (χ2v) is 10.5. The Balaban J connectivity index is 1.32. The third kappa shape index (κ3) is 2.23. The number of nitrogens with zero attached hydrogens (tertiary/aromatic N) is 1. The monoisotopic (exact) mass is 409 g/mol. The lowest BCUT2D eigenvalue weighted by Gasteiger charge is -2.53. The Kier molecular flexibility index (Phi) is 3.40. The molecule has 0 radical (unpaired) electrons. The fraction of sp³-hybridized carbons (Fsp3) is 0.429. The van der Waals surface area contributed by atoms with Gasteiger partial charge in [-0.3, -0.25) is 9.78 Å². The SMILES string of the molecule is C[C@]12CC=C3C=C4CCC(=O)CC45CC[C@]3(O5)[C@@H]1CC=C2c1ccc2ccncc2c1. The van der Waals surface area contributed by atoms with Gasteiger partial charge in [0, 0.05) is 42.0 Å². The first kappa shape index (κ1) is 18.1. The second kappa shape index (κ2) is 5.83. The summed E-state index contributed by atoms with van der Waals surface area (Å²) >= 11 is 0. The van der Waals surface area contributed by atoms with E-state index in [9.17, 15) is 4.79 Å². The van der Waals surface area contributed by atoms with Crippen LogP contribution in [0.3, 0.4) is 0 Å². The lowest BCUT2D eigenvalue weighted by Crippen LogP contribution is -2.53. The van der Waals surface area contributed by atoms with E-state index in [0.29, 0.717) is 24.5 Å². The van der Waals surface area contributed by atoms with Crippen molar-refractivity contribution in [2.75, 3.05) is 0 Å². The number of Topliss-reactive ketones (excluding diaryl/α,β-unsaturated/α-hetero) is 1. The van der Waals surface area contributed by atoms with Gasteiger partial charge in [-0.15, -0.1) is 0 Å². The zero-order valence-corrected chi connectivity index (χ0v) is 18.0. The average Bonchev–Trinajstić information content (AvgIpc) is 3.28. The molecule has 1 unspecified atom stereocenters. The van der Waals surface area contributed by atoms with Gasteiger partial charge < -0.3 is 4.74 Å². The molecule has 0 N–H and O–H groups in total. The number of fused-ring (bicyclic) bond motifs is 2. The van der Waals surface area contributed by atoms with Gasteiger partial charge in [-0.2, -0.15) is 0 Å². The number of aromatic nitrogens is 1. The summed E-state index contributed by atoms with van der Waals surface area (Å²) in [7, 11) is 0. The van der Waals surface area contributed by atoms with Gasteiger partial charge in [0.2, 0.25) is 0 Å². The quantitative estimate of drug-likeness (QED) is 0.584. The molecule has 4 atom stereocenters. The van der Waals surface area contributed by atoms with Crippen molar-refractivity contribution in [3.8, 4) is 0 Å². The molecule has 2 bridgehead atoms. The fourth-order valence-electron chi connectivity index (χ4n) is 7.50. The van der Waals surface area contributed by atoms with Crippen molar-refractivity contribution in [2.24, 2.45) is 11.3 Å². The maximum Gasteiger partial charge on any atom is 0.136 e. The molecular formula is C28H27NO2. The normalized spacial score (nSPS) is 38.2. The Hall–Kier alpha value is -2.52. The second-order valence-electron chi connectivity index (χ2n) is 10.5. The summed E-state index contributed by atoms with van der Waals surface area (Å²) in [5, 5.41) is 2.43. The molecule has 1 aromatic heterocycles. The van der Waals surface area contributed by atoms with Crippen LogP contribution in [0.15, 0.2) is 66.0 Å². The fourth-order valence-corrected chi connectivity index (χ4v) is 7.50. The summed E-state index contributed by atoms with van der Waals surface area (Å²) < 4.78 is 7.08. The molecule has 1 saturated carbocycles. The molecule has 31 heavy (non-hydrogen) atoms. The predicted molar refractivity (Wildman–Crippen MR) is 121 cm³/mol. The Morgan fingerprint density at radius 3 is 2.97 bits per heavy atom. The van der Waals surface area contributed by atoms with Crippen LogP contribution in [-0.2, 0) is 9.53 Å². The topological polar surface area (TPSA) is 39.2 Å². The van der Waals surface area contributed by atoms with Crippen LogP contribution in [0, 0.1) is 11.3 Å². The smallest absolute Gasteiger partial charge is 0.136 e. The van der Waals surface area contributed by atoms with Gasteiger partial charge >= 0.3 is 0 Å². The van der Waals surface area contributed by atoms with E-state index < -0.39 is 0 Å². The van der Waals surface area contributed by atoms with E-state index in [0.717, 1.165) is 32.1 Å². The van der Waals surface area contributed by atoms with Crippen LogP contribution in [0.4, 0.5) is 0 Å². The number of ether oxygens (including phenoxy) is 1. The summed E-state index contributed by atoms with van der Waals surface area (Å²) in [4.78, 5) is 16.7. The Bertz CT molecular complexity index is 1250. The first-order chi connectivity index (χ1) is 15.0. The maximum atomic E-state index is 12.4. The van der Waals surface area contributed by atoms with Gasteiger partial charge in [-0.1, -0.05) is 37.3 Å². The van der Waals surface area contributed by atoms with Crippen molar-refractivity contribution in [1.29, 1.82) is 0 Å². The molecule has 3 heterocycles. The van der Waals surface area contributed by atoms with Gasteiger partial charge in [0.15, 0.2) is 0 Å². The summed E-state index contributed by atoms with van der Waals surface area (Å²) in [5.74, 6) is 0.795. The number of benzene rings is 1. The molecule has 2 fully saturated rings. The molecule has 3 aliphatic carbocycles. The van der Waals surface area contributed by atoms with E-state index in [1.165, 1.54) is 33.1 Å². The highest BCUT2D eigenvalue weighted by atomic mass is 16.5. The molecule has 1 aromatic carbocycles. The molecule has 7 rings (SSSR count). The van der Waals surface area contributed by atoms with Crippen LogP contribution in [0.5, 0.6) is 0 Å². The number of ketones is 1. The third-order valence-corrected chi connectivity index (χ3v) is 9.04. The van der Waals surface area contributed by atoms with Crippen molar-refractivity contribution in [1.82, 2.24) is 4.98 Å². The van der Waals surface area contributed by atoms with E-state index in [2.05, 4.69) is 54.4 Å². The largest absolute Gasteiger partial charge is 0.359 e. The minimum atomic E-state index is -0.317. The molecule has 1 saturated heterocycles. The Morgan fingerprint density at radius 1 is 1.10 bits per heavy atom. The zero-order valence-electron chi connectivity index (χ0n) is 18.0. The van der Waals surface area contributed by atoms with Gasteiger partial charge in [0.25, 0.3) is 0 Å². The van der Waals surface area contributed by atoms with Crippen molar-refractivity contribution < 1.29 is 9.53 Å². The number of carbonyl (C=O) groups is 1. The number of pyridine rings is 1. The number of allylic oxidation sites excluding steroid dienone is 3. The predicted octanol–water partition coefficient (Wildman–Crippen LogP) is 5.96. The van der Waals surface area contributed by atoms with E-state index in [4.69, 9.17) is 4.74 Å². The van der Waals surface area contributed by atoms with Crippen molar-refractivity contribution in [3.05, 3.63) is 71.6 Å². The first-order valence-electron chi connectivity index (χ1n) is 11.7. The minimum absolute atomic E-state index is 0.0505. The standard InChI is InChI=1S/C28H27NO2/c1-26-10-8-22-15-21-4-5-23(30)16-27(21)11-12-28(22,31-27)25(26)7-6-24(26)19-3-2-18-9-13-29-17-20(18)14-19/h2-3,6,8-9,13-15,17,25H,4-5,7,10-12,16H2,1H3/t25-,26-,27?,28-/m1/s1. The molecule has 5 aliphatic rings. The van der Waals surface area contributed by atoms with Crippen LogP contribution in [0.1, 0.15) is 57.4 Å². The number of carbonyl (C=O) groups excluding carboxylic acids is 1. The lowest BCUT2D eigenvalue weighted by atomic mass is 9.58. The highest BCUT2D eigenvalue weighted by molar-refractivity contribution is 5.87. The zero-order chi connectivity index (χ0) is 20.8. The molecule has 2 aromatic rings. The molecule has 3 heteroatoms. The Labute approximate surface area is 182 Å². The molecule has 156 valence electrons. The van der Waals surface area contributed by atoms with Gasteiger partial charge in [0.1, 0.15) is 5.78 Å².